The third kappa shape index (κ3) is 14.0. The summed E-state index contributed by atoms with van der Waals surface area (Å²) in [5.74, 6) is -0.979. The Balaban J connectivity index is 0.765. The molecule has 0 aliphatic rings. The number of phosphoric acid groups is 4. The summed E-state index contributed by atoms with van der Waals surface area (Å²) in [6.07, 6.45) is 0.808. The van der Waals surface area contributed by atoms with Crippen LogP contribution in [-0.4, -0.2) is 104 Å². The molecule has 92 heavy (non-hydrogen) atoms. The molecule has 6 unspecified atom stereocenters. The van der Waals surface area contributed by atoms with Crippen LogP contribution in [0.2, 0.25) is 0 Å². The average molecular weight is 1360 g/mol. The highest BCUT2D eigenvalue weighted by molar-refractivity contribution is 7.46. The zero-order chi connectivity index (χ0) is 67.1. The molecule has 0 amide bonds. The van der Waals surface area contributed by atoms with E-state index in [1.807, 2.05) is 0 Å². The summed E-state index contributed by atoms with van der Waals surface area (Å²) >= 11 is 0. The van der Waals surface area contributed by atoms with E-state index in [1.54, 1.807) is 13.8 Å². The number of hydrogen-bond acceptors (Lipinski definition) is 30. The zero-order valence-corrected chi connectivity index (χ0v) is 51.7. The van der Waals surface area contributed by atoms with Gasteiger partial charge in [-0.1, -0.05) is 13.8 Å². The van der Waals surface area contributed by atoms with Gasteiger partial charge in [0, 0.05) is 25.0 Å². The lowest BCUT2D eigenvalue weighted by atomic mass is 10.1. The molecule has 0 spiro atoms. The van der Waals surface area contributed by atoms with E-state index in [0.29, 0.717) is 40.2 Å². The monoisotopic (exact) mass is 1360 g/mol. The van der Waals surface area contributed by atoms with Gasteiger partial charge in [-0.3, -0.25) is 103 Å². The molecule has 36 nitrogen and oxygen atoms in total. The number of phosphoric ester groups is 4. The first kappa shape index (κ1) is 69.2. The highest BCUT2D eigenvalue weighted by Gasteiger charge is 2.26. The van der Waals surface area contributed by atoms with Gasteiger partial charge in [0.2, 0.25) is 0 Å². The van der Waals surface area contributed by atoms with Crippen molar-refractivity contribution in [1.82, 2.24) is 27.4 Å². The van der Waals surface area contributed by atoms with Crippen LogP contribution in [-0.2, 0) is 93.7 Å². The molecule has 40 heteroatoms. The molecular weight excluding hydrogens is 1310 g/mol. The lowest BCUT2D eigenvalue weighted by Crippen LogP contribution is -2.29. The normalized spacial score (nSPS) is 15.7. The van der Waals surface area contributed by atoms with Crippen LogP contribution in [0.4, 0.5) is 0 Å². The van der Waals surface area contributed by atoms with Crippen LogP contribution in [0.5, 0.6) is 0 Å². The third-order valence-corrected chi connectivity index (χ3v) is 19.1. The summed E-state index contributed by atoms with van der Waals surface area (Å²) in [5, 5.41) is 14.4. The molecule has 6 atom stereocenters. The SMILES string of the molecule is CCC(CO)COP(=O)([O-])OCCn1c(=O)c2cc3c(=O)n(CCOP(=O)([O-])OCCn4c(=O)c5cc6c(=O)n(CCOP(=O)([O-])OCCn7c(=O)c8cc9c(=O)n(CCOP(=O)([O-])OCC(CC)CO)c(=O)c9cc8c7=O)c(=O)c6cc5c4=O)c(=O)c3cc2c1=O. The molecule has 0 saturated heterocycles. The summed E-state index contributed by atoms with van der Waals surface area (Å²) in [5.41, 5.74) is -12.0. The van der Waals surface area contributed by atoms with E-state index in [-0.39, 0.29) is 91.1 Å². The molecule has 6 aromatic heterocycles. The molecule has 0 aliphatic carbocycles. The van der Waals surface area contributed by atoms with Gasteiger partial charge in [-0.15, -0.1) is 0 Å². The first-order valence-electron chi connectivity index (χ1n) is 27.7. The number of benzene rings is 3. The third-order valence-electron chi connectivity index (χ3n) is 15.2. The number of aliphatic hydroxyl groups excluding tert-OH is 2. The molecule has 0 saturated carbocycles. The maximum absolute atomic E-state index is 13.4. The van der Waals surface area contributed by atoms with Crippen molar-refractivity contribution in [3.8, 4) is 0 Å². The van der Waals surface area contributed by atoms with Crippen molar-refractivity contribution < 1.29 is 84.2 Å². The van der Waals surface area contributed by atoms with E-state index in [9.17, 15) is 106 Å². The minimum absolute atomic E-state index is 0.300. The molecule has 6 heterocycles. The van der Waals surface area contributed by atoms with Crippen molar-refractivity contribution in [2.75, 3.05) is 66.1 Å². The first-order valence-corrected chi connectivity index (χ1v) is 33.6. The average Bonchev–Trinajstić information content (AvgIpc) is 1.61. The van der Waals surface area contributed by atoms with Crippen LogP contribution >= 0.6 is 31.3 Å². The largest absolute Gasteiger partial charge is 0.756 e. The highest BCUT2D eigenvalue weighted by Crippen LogP contribution is 2.41. The van der Waals surface area contributed by atoms with Gasteiger partial charge in [-0.05, 0) is 49.2 Å². The summed E-state index contributed by atoms with van der Waals surface area (Å²) in [7, 11) is -20.4. The number of fused-ring (bicyclic) bond motifs is 6. The van der Waals surface area contributed by atoms with Crippen LogP contribution in [0.1, 0.15) is 26.7 Å². The van der Waals surface area contributed by atoms with Gasteiger partial charge in [-0.2, -0.15) is 0 Å². The van der Waals surface area contributed by atoms with Crippen molar-refractivity contribution in [1.29, 1.82) is 0 Å². The second kappa shape index (κ2) is 27.4. The van der Waals surface area contributed by atoms with E-state index in [2.05, 4.69) is 0 Å². The molecule has 3 aromatic carbocycles. The van der Waals surface area contributed by atoms with E-state index in [1.165, 1.54) is 0 Å². The summed E-state index contributed by atoms with van der Waals surface area (Å²) in [4.78, 5) is 209. The Morgan fingerprint density at radius 1 is 0.304 bits per heavy atom. The molecule has 0 radical (unpaired) electrons. The topological polar surface area (TPSA) is 509 Å². The first-order chi connectivity index (χ1) is 43.4. The van der Waals surface area contributed by atoms with E-state index in [4.69, 9.17) is 36.2 Å². The summed E-state index contributed by atoms with van der Waals surface area (Å²) < 4.78 is 91.3. The fraction of sp³-hybridized carbons (Fsp3) is 0.423. The fourth-order valence-corrected chi connectivity index (χ4v) is 13.0. The van der Waals surface area contributed by atoms with Gasteiger partial charge in [0.05, 0.1) is 157 Å². The lowest BCUT2D eigenvalue weighted by Gasteiger charge is -2.24. The molecule has 0 aliphatic heterocycles. The summed E-state index contributed by atoms with van der Waals surface area (Å²) in [6.45, 7) is -7.03. The molecule has 494 valence electrons. The molecule has 2 N–H and O–H groups in total. The van der Waals surface area contributed by atoms with Crippen LogP contribution in [0.15, 0.2) is 93.9 Å². The van der Waals surface area contributed by atoms with Crippen molar-refractivity contribution in [2.24, 2.45) is 11.8 Å². The molecule has 0 fully saturated rings. The predicted octanol–water partition coefficient (Wildman–Crippen LogP) is -4.19. The Morgan fingerprint density at radius 3 is 0.576 bits per heavy atom. The second-order valence-corrected chi connectivity index (χ2v) is 26.3. The van der Waals surface area contributed by atoms with Gasteiger partial charge in [0.15, 0.2) is 0 Å². The Bertz CT molecular complexity index is 4700. The Morgan fingerprint density at radius 2 is 0.446 bits per heavy atom. The van der Waals surface area contributed by atoms with Crippen LogP contribution < -0.4 is 86.3 Å². The van der Waals surface area contributed by atoms with Gasteiger partial charge >= 0.3 is 0 Å². The summed E-state index contributed by atoms with van der Waals surface area (Å²) in [6, 6.07) is 5.77. The maximum atomic E-state index is 13.4. The second-order valence-electron chi connectivity index (χ2n) is 20.7. The van der Waals surface area contributed by atoms with Crippen LogP contribution in [0.25, 0.3) is 64.6 Å². The molecule has 0 bridgehead atoms. The zero-order valence-electron chi connectivity index (χ0n) is 48.1. The van der Waals surface area contributed by atoms with Crippen molar-refractivity contribution in [3.63, 3.8) is 0 Å². The van der Waals surface area contributed by atoms with E-state index >= 15 is 0 Å². The van der Waals surface area contributed by atoms with Crippen molar-refractivity contribution >= 4 is 95.9 Å². The van der Waals surface area contributed by atoms with E-state index in [0.717, 1.165) is 36.4 Å². The number of aromatic nitrogens is 6. The number of nitrogens with zero attached hydrogens (tertiary/aromatic N) is 6. The van der Waals surface area contributed by atoms with Crippen molar-refractivity contribution in [2.45, 2.75) is 66.0 Å². The lowest BCUT2D eigenvalue weighted by molar-refractivity contribution is -0.228. The minimum Gasteiger partial charge on any atom is -0.756 e. The van der Waals surface area contributed by atoms with Crippen LogP contribution in [0.3, 0.4) is 0 Å². The Hall–Kier alpha value is -7.14. The van der Waals surface area contributed by atoms with Crippen LogP contribution in [0, 0.1) is 11.8 Å². The van der Waals surface area contributed by atoms with Gasteiger partial charge in [0.1, 0.15) is 0 Å². The quantitative estimate of drug-likeness (QED) is 0.0361. The predicted molar refractivity (Wildman–Crippen MR) is 314 cm³/mol. The highest BCUT2D eigenvalue weighted by atomic mass is 31.2. The smallest absolute Gasteiger partial charge is 0.267 e. The Kier molecular flexibility index (Phi) is 20.6. The number of hydrogen-bond donors (Lipinski definition) is 2. The molecule has 9 aromatic rings. The number of rotatable bonds is 34. The Labute approximate surface area is 510 Å². The fourth-order valence-electron chi connectivity index (χ4n) is 10.0. The standard InChI is InChI=1S/C52H56N6O30P4/c1-3-27(23-59)25-87-91(77,78)85-15-9-57-49(69)37-19-33-34(20-38(37)50(57)70)46(66)55(45(33)65)7-13-83-89(73,74)81-11-5-53-41(61)29-17-31-32(18-30(29)42(53)62)44(64)54(43(31)63)6-12-82-90(75,76)84-14-8-56-47(67)35-21-39-40(22-36(35)48(56)68)52(72)58(51(39)71)10-16-86-92(79,80)88-26-28(4-2)24-60/h17-22,27-28,59-60H,3-16,23-26H2,1-2H3,(H,73,74)(H,75,76)(H,77,78)(H,79,80)/p-4. The maximum Gasteiger partial charge on any atom is 0.267 e. The van der Waals surface area contributed by atoms with E-state index < -0.39 is 189 Å². The van der Waals surface area contributed by atoms with Gasteiger partial charge < -0.3 is 66.0 Å². The minimum atomic E-state index is -5.32. The van der Waals surface area contributed by atoms with Gasteiger partial charge in [-0.25, -0.2) is 0 Å². The van der Waals surface area contributed by atoms with Crippen molar-refractivity contribution in [3.05, 3.63) is 161 Å². The number of aliphatic hydroxyl groups is 2. The van der Waals surface area contributed by atoms with Gasteiger partial charge in [0.25, 0.3) is 98.0 Å². The molecule has 9 rings (SSSR count). The molecular formula is C52H52N6O30P4-4.